The first kappa shape index (κ1) is 27.4. The first-order chi connectivity index (χ1) is 18.1. The smallest absolute Gasteiger partial charge is 0.264 e. The van der Waals surface area contributed by atoms with Gasteiger partial charge in [0, 0.05) is 22.0 Å². The van der Waals surface area contributed by atoms with Crippen molar-refractivity contribution in [3.05, 3.63) is 93.6 Å². The number of benzene rings is 3. The largest absolute Gasteiger partial charge is 0.497 e. The molecule has 4 aromatic rings. The van der Waals surface area contributed by atoms with Gasteiger partial charge in [0.1, 0.15) is 17.4 Å². The van der Waals surface area contributed by atoms with Crippen LogP contribution in [0.1, 0.15) is 16.7 Å². The van der Waals surface area contributed by atoms with E-state index in [4.69, 9.17) is 27.9 Å². The lowest BCUT2D eigenvalue weighted by Crippen LogP contribution is -2.39. The zero-order chi connectivity index (χ0) is 27.4. The molecule has 0 radical (unpaired) electrons. The number of hydrogen-bond acceptors (Lipinski definition) is 6. The van der Waals surface area contributed by atoms with Crippen molar-refractivity contribution in [2.75, 3.05) is 18.0 Å². The van der Waals surface area contributed by atoms with Crippen LogP contribution in [0.5, 0.6) is 5.75 Å². The number of fused-ring (bicyclic) bond motifs is 1. The molecule has 0 saturated carbocycles. The van der Waals surface area contributed by atoms with Crippen molar-refractivity contribution in [3.63, 3.8) is 0 Å². The maximum absolute atomic E-state index is 13.5. The lowest BCUT2D eigenvalue weighted by molar-refractivity contribution is -0.119. The van der Waals surface area contributed by atoms with E-state index in [-0.39, 0.29) is 10.0 Å². The van der Waals surface area contributed by atoms with Gasteiger partial charge in [-0.1, -0.05) is 29.3 Å². The third-order valence-corrected chi connectivity index (χ3v) is 8.21. The molecule has 11 heteroatoms. The van der Waals surface area contributed by atoms with E-state index in [9.17, 15) is 13.2 Å². The fraction of sp³-hybridized carbons (Fsp3) is 0.148. The van der Waals surface area contributed by atoms with Crippen LogP contribution in [-0.4, -0.2) is 39.2 Å². The number of carbonyl (C=O) groups excluding carboxylic acids is 1. The minimum atomic E-state index is -4.09. The second kappa shape index (κ2) is 11.4. The molecule has 38 heavy (non-hydrogen) atoms. The Labute approximate surface area is 230 Å². The molecule has 3 aromatic carbocycles. The molecular formula is C27H24Cl2N4O4S. The van der Waals surface area contributed by atoms with Crippen LogP contribution in [0.25, 0.3) is 10.9 Å². The topological polar surface area (TPSA) is 101 Å². The number of sulfonamides is 1. The van der Waals surface area contributed by atoms with Crippen molar-refractivity contribution >= 4 is 61.9 Å². The number of amides is 1. The molecule has 0 saturated heterocycles. The van der Waals surface area contributed by atoms with Gasteiger partial charge in [0.25, 0.3) is 15.9 Å². The lowest BCUT2D eigenvalue weighted by atomic mass is 10.1. The van der Waals surface area contributed by atoms with Crippen molar-refractivity contribution < 1.29 is 17.9 Å². The van der Waals surface area contributed by atoms with Gasteiger partial charge in [0.15, 0.2) is 0 Å². The second-order valence-corrected chi connectivity index (χ2v) is 11.1. The summed E-state index contributed by atoms with van der Waals surface area (Å²) in [6.07, 6.45) is 1.35. The zero-order valence-electron chi connectivity index (χ0n) is 20.8. The predicted octanol–water partition coefficient (Wildman–Crippen LogP) is 5.51. The number of halogens is 2. The van der Waals surface area contributed by atoms with Crippen LogP contribution >= 0.6 is 23.2 Å². The standard InChI is InChI=1S/C27H24Cl2N4O4S/c1-17-4-8-22(12-18(17)2)33(38(35,36)24-10-6-21(28)7-11-24)16-26(34)32-30-15-20-13-19-5-9-23(37-3)14-25(19)31-27(20)29/h4-15H,16H2,1-3H3,(H,32,34)/b30-15-. The second-order valence-electron chi connectivity index (χ2n) is 8.45. The highest BCUT2D eigenvalue weighted by molar-refractivity contribution is 7.92. The van der Waals surface area contributed by atoms with Gasteiger partial charge in [0.2, 0.25) is 0 Å². The Balaban J connectivity index is 1.57. The average molecular weight is 571 g/mol. The normalized spacial score (nSPS) is 11.6. The Morgan fingerprint density at radius 2 is 1.76 bits per heavy atom. The van der Waals surface area contributed by atoms with Crippen molar-refractivity contribution in [1.29, 1.82) is 0 Å². The number of hydrazone groups is 1. The number of nitrogens with zero attached hydrogens (tertiary/aromatic N) is 3. The molecule has 1 aromatic heterocycles. The first-order valence-electron chi connectivity index (χ1n) is 11.4. The monoisotopic (exact) mass is 570 g/mol. The highest BCUT2D eigenvalue weighted by Crippen LogP contribution is 2.27. The highest BCUT2D eigenvalue weighted by atomic mass is 35.5. The quantitative estimate of drug-likeness (QED) is 0.171. The molecule has 1 N–H and O–H groups in total. The number of anilines is 1. The number of aryl methyl sites for hydroxylation is 2. The Kier molecular flexibility index (Phi) is 8.20. The van der Waals surface area contributed by atoms with E-state index in [1.807, 2.05) is 19.9 Å². The molecule has 0 atom stereocenters. The number of rotatable bonds is 8. The number of hydrogen-bond donors (Lipinski definition) is 1. The van der Waals surface area contributed by atoms with Crippen LogP contribution in [-0.2, 0) is 14.8 Å². The summed E-state index contributed by atoms with van der Waals surface area (Å²) in [4.78, 5) is 17.2. The van der Waals surface area contributed by atoms with Crippen LogP contribution < -0.4 is 14.5 Å². The summed E-state index contributed by atoms with van der Waals surface area (Å²) >= 11 is 12.2. The van der Waals surface area contributed by atoms with E-state index in [0.29, 0.717) is 27.5 Å². The summed E-state index contributed by atoms with van der Waals surface area (Å²) in [5.41, 5.74) is 5.72. The van der Waals surface area contributed by atoms with E-state index in [0.717, 1.165) is 20.8 Å². The molecule has 4 rings (SSSR count). The molecule has 8 nitrogen and oxygen atoms in total. The Bertz CT molecular complexity index is 1640. The number of methoxy groups -OCH3 is 1. The number of aromatic nitrogens is 1. The van der Waals surface area contributed by atoms with E-state index < -0.39 is 22.5 Å². The number of nitrogens with one attached hydrogen (secondary N) is 1. The summed E-state index contributed by atoms with van der Waals surface area (Å²) in [5.74, 6) is 0.00301. The van der Waals surface area contributed by atoms with Gasteiger partial charge in [0.05, 0.1) is 29.4 Å². The molecule has 0 aliphatic rings. The lowest BCUT2D eigenvalue weighted by Gasteiger charge is -2.24. The Morgan fingerprint density at radius 1 is 1.03 bits per heavy atom. The summed E-state index contributed by atoms with van der Waals surface area (Å²) in [5, 5.41) is 5.36. The van der Waals surface area contributed by atoms with Gasteiger partial charge in [-0.05, 0) is 79.6 Å². The molecule has 0 aliphatic carbocycles. The third-order valence-electron chi connectivity index (χ3n) is 5.87. The number of pyridine rings is 1. The fourth-order valence-corrected chi connectivity index (χ4v) is 5.36. The maximum Gasteiger partial charge on any atom is 0.264 e. The number of carbonyl (C=O) groups is 1. The molecule has 0 bridgehead atoms. The Morgan fingerprint density at radius 3 is 2.45 bits per heavy atom. The van der Waals surface area contributed by atoms with Crippen molar-refractivity contribution in [2.24, 2.45) is 5.10 Å². The van der Waals surface area contributed by atoms with Gasteiger partial charge in [-0.15, -0.1) is 0 Å². The predicted molar refractivity (Wildman–Crippen MR) is 151 cm³/mol. The number of ether oxygens (including phenoxy) is 1. The summed E-state index contributed by atoms with van der Waals surface area (Å²) < 4.78 is 33.3. The van der Waals surface area contributed by atoms with Crippen LogP contribution in [0.2, 0.25) is 10.2 Å². The average Bonchev–Trinajstić information content (AvgIpc) is 2.89. The van der Waals surface area contributed by atoms with Gasteiger partial charge in [-0.25, -0.2) is 18.8 Å². The molecule has 0 unspecified atom stereocenters. The molecule has 196 valence electrons. The van der Waals surface area contributed by atoms with Crippen molar-refractivity contribution in [1.82, 2.24) is 10.4 Å². The minimum absolute atomic E-state index is 0.00193. The highest BCUT2D eigenvalue weighted by Gasteiger charge is 2.27. The van der Waals surface area contributed by atoms with Crippen LogP contribution in [0.15, 0.2) is 76.7 Å². The van der Waals surface area contributed by atoms with Crippen molar-refractivity contribution in [3.8, 4) is 5.75 Å². The Hall–Kier alpha value is -3.66. The molecule has 0 aliphatic heterocycles. The summed E-state index contributed by atoms with van der Waals surface area (Å²) in [6, 6.07) is 18.1. The van der Waals surface area contributed by atoms with E-state index in [1.54, 1.807) is 43.5 Å². The summed E-state index contributed by atoms with van der Waals surface area (Å²) in [6.45, 7) is 3.28. The van der Waals surface area contributed by atoms with Gasteiger partial charge < -0.3 is 4.74 Å². The maximum atomic E-state index is 13.5. The van der Waals surface area contributed by atoms with E-state index in [1.165, 1.54) is 30.5 Å². The van der Waals surface area contributed by atoms with E-state index in [2.05, 4.69) is 15.5 Å². The molecule has 0 spiro atoms. The fourth-order valence-electron chi connectivity index (χ4n) is 3.63. The summed E-state index contributed by atoms with van der Waals surface area (Å²) in [7, 11) is -2.53. The molecule has 1 amide bonds. The SMILES string of the molecule is COc1ccc2cc(/C=N\NC(=O)CN(c3ccc(C)c(C)c3)S(=O)(=O)c3ccc(Cl)cc3)c(Cl)nc2c1. The third kappa shape index (κ3) is 6.07. The van der Waals surface area contributed by atoms with Crippen LogP contribution in [0.4, 0.5) is 5.69 Å². The van der Waals surface area contributed by atoms with Crippen LogP contribution in [0, 0.1) is 13.8 Å². The van der Waals surface area contributed by atoms with Gasteiger partial charge in [-0.3, -0.25) is 9.10 Å². The van der Waals surface area contributed by atoms with E-state index >= 15 is 0 Å². The molecule has 1 heterocycles. The zero-order valence-corrected chi connectivity index (χ0v) is 23.1. The van der Waals surface area contributed by atoms with Gasteiger partial charge >= 0.3 is 0 Å². The van der Waals surface area contributed by atoms with Crippen molar-refractivity contribution in [2.45, 2.75) is 18.7 Å². The van der Waals surface area contributed by atoms with Crippen LogP contribution in [0.3, 0.4) is 0 Å². The minimum Gasteiger partial charge on any atom is -0.497 e. The molecular weight excluding hydrogens is 547 g/mol. The van der Waals surface area contributed by atoms with Gasteiger partial charge in [-0.2, -0.15) is 5.10 Å². The first-order valence-corrected chi connectivity index (χ1v) is 13.6. The molecule has 0 fully saturated rings.